The molecule has 0 spiro atoms. The number of aliphatic hydroxyl groups excluding tert-OH is 2. The van der Waals surface area contributed by atoms with Crippen LogP contribution in [0.1, 0.15) is 18.4 Å². The highest BCUT2D eigenvalue weighted by Crippen LogP contribution is 2.35. The van der Waals surface area contributed by atoms with Crippen LogP contribution >= 0.6 is 30.8 Å². The molecule has 1 rings (SSSR count). The number of aryl methyl sites for hydroxylation is 1. The van der Waals surface area contributed by atoms with E-state index in [-0.39, 0.29) is 6.42 Å². The van der Waals surface area contributed by atoms with Gasteiger partial charge in [-0.25, -0.2) is 0 Å². The Bertz CT molecular complexity index is 491. The monoisotopic (exact) mass is 342 g/mol. The maximum atomic E-state index is 10.7. The lowest BCUT2D eigenvalue weighted by molar-refractivity contribution is 0.0845. The lowest BCUT2D eigenvalue weighted by Crippen LogP contribution is -2.21. The summed E-state index contributed by atoms with van der Waals surface area (Å²) in [7, 11) is -4.27. The average Bonchev–Trinajstić information content (AvgIpc) is 2.24. The van der Waals surface area contributed by atoms with Gasteiger partial charge in [-0.3, -0.25) is 4.57 Å². The molecule has 0 amide bonds. The zero-order chi connectivity index (χ0) is 15.3. The summed E-state index contributed by atoms with van der Waals surface area (Å²) in [6, 6.07) is 5.05. The molecule has 0 saturated carbocycles. The van der Waals surface area contributed by atoms with Crippen molar-refractivity contribution in [2.45, 2.75) is 31.5 Å². The molecule has 0 heterocycles. The van der Waals surface area contributed by atoms with Crippen molar-refractivity contribution in [2.24, 2.45) is 0 Å². The van der Waals surface area contributed by atoms with Gasteiger partial charge < -0.3 is 20.0 Å². The van der Waals surface area contributed by atoms with Crippen molar-refractivity contribution >= 4 is 30.8 Å². The second-order valence-electron chi connectivity index (χ2n) is 4.67. The molecule has 0 aliphatic carbocycles. The zero-order valence-electron chi connectivity index (χ0n) is 10.6. The maximum Gasteiger partial charge on any atom is 0.328 e. The van der Waals surface area contributed by atoms with Crippen LogP contribution in [-0.4, -0.2) is 38.4 Å². The van der Waals surface area contributed by atoms with Gasteiger partial charge >= 0.3 is 7.60 Å². The third kappa shape index (κ3) is 7.04. The molecule has 20 heavy (non-hydrogen) atoms. The van der Waals surface area contributed by atoms with Gasteiger partial charge in [0, 0.05) is 10.0 Å². The highest BCUT2D eigenvalue weighted by atomic mass is 35.5. The number of aliphatic hydroxyl groups is 2. The molecule has 0 radical (unpaired) electrons. The van der Waals surface area contributed by atoms with Crippen LogP contribution in [0.4, 0.5) is 0 Å². The van der Waals surface area contributed by atoms with E-state index in [1.54, 1.807) is 18.2 Å². The number of rotatable bonds is 7. The summed E-state index contributed by atoms with van der Waals surface area (Å²) in [5, 5.41) is 20.2. The van der Waals surface area contributed by atoms with Crippen LogP contribution in [0.5, 0.6) is 0 Å². The Balaban J connectivity index is 2.43. The second-order valence-corrected chi connectivity index (χ2v) is 7.20. The summed E-state index contributed by atoms with van der Waals surface area (Å²) in [5.41, 5.74) is 0.819. The van der Waals surface area contributed by atoms with Crippen molar-refractivity contribution < 1.29 is 24.6 Å². The van der Waals surface area contributed by atoms with Crippen molar-refractivity contribution in [3.05, 3.63) is 33.8 Å². The highest BCUT2D eigenvalue weighted by Gasteiger charge is 2.22. The van der Waals surface area contributed by atoms with Gasteiger partial charge in [0.25, 0.3) is 0 Å². The first-order chi connectivity index (χ1) is 9.17. The van der Waals surface area contributed by atoms with Crippen LogP contribution in [0, 0.1) is 0 Å². The quantitative estimate of drug-likeness (QED) is 0.569. The molecule has 8 heteroatoms. The average molecular weight is 343 g/mol. The minimum absolute atomic E-state index is 0.0870. The summed E-state index contributed by atoms with van der Waals surface area (Å²) in [4.78, 5) is 17.4. The number of hydrogen-bond donors (Lipinski definition) is 4. The molecule has 0 bridgehead atoms. The van der Waals surface area contributed by atoms with Gasteiger partial charge in [0.05, 0.1) is 18.4 Å². The largest absolute Gasteiger partial charge is 0.393 e. The van der Waals surface area contributed by atoms with Crippen LogP contribution in [-0.2, 0) is 11.0 Å². The first-order valence-corrected chi connectivity index (χ1v) is 8.57. The molecular weight excluding hydrogens is 326 g/mol. The van der Waals surface area contributed by atoms with Gasteiger partial charge in [-0.1, -0.05) is 29.3 Å². The van der Waals surface area contributed by atoms with Crippen molar-refractivity contribution in [1.29, 1.82) is 0 Å². The molecule has 0 aliphatic rings. The molecular formula is C12H17Cl2O5P. The van der Waals surface area contributed by atoms with Gasteiger partial charge in [0.2, 0.25) is 0 Å². The van der Waals surface area contributed by atoms with Crippen LogP contribution in [0.2, 0.25) is 10.0 Å². The predicted molar refractivity (Wildman–Crippen MR) is 78.3 cm³/mol. The third-order valence-corrected chi connectivity index (χ3v) is 4.24. The maximum absolute atomic E-state index is 10.7. The summed E-state index contributed by atoms with van der Waals surface area (Å²) in [6.45, 7) is 0. The normalized spacial score (nSPS) is 15.1. The number of hydrogen-bond acceptors (Lipinski definition) is 3. The van der Waals surface area contributed by atoms with E-state index in [4.69, 9.17) is 33.0 Å². The van der Waals surface area contributed by atoms with Crippen LogP contribution < -0.4 is 0 Å². The fourth-order valence-corrected chi connectivity index (χ4v) is 3.03. The summed E-state index contributed by atoms with van der Waals surface area (Å²) in [5.74, 6) is 0. The van der Waals surface area contributed by atoms with E-state index in [1.807, 2.05) is 0 Å². The smallest absolute Gasteiger partial charge is 0.328 e. The van der Waals surface area contributed by atoms with E-state index in [0.29, 0.717) is 22.9 Å². The van der Waals surface area contributed by atoms with Gasteiger partial charge in [-0.2, -0.15) is 0 Å². The van der Waals surface area contributed by atoms with Crippen molar-refractivity contribution in [1.82, 2.24) is 0 Å². The number of benzene rings is 1. The fourth-order valence-electron chi connectivity index (χ4n) is 1.83. The van der Waals surface area contributed by atoms with E-state index in [9.17, 15) is 14.8 Å². The van der Waals surface area contributed by atoms with E-state index < -0.39 is 26.0 Å². The Morgan fingerprint density at radius 1 is 1.15 bits per heavy atom. The Labute approximate surface area is 127 Å². The molecule has 0 fully saturated rings. The minimum Gasteiger partial charge on any atom is -0.393 e. The standard InChI is InChI=1S/C12H17Cl2O5P/c13-9-3-1-8(12(14)5-9)2-4-10(15)6-11(16)7-20(17,18)19/h1,3,5,10-11,15-16H,2,4,6-7H2,(H2,17,18,19)/t10-,11-/m1/s1. The van der Waals surface area contributed by atoms with Crippen molar-refractivity contribution in [3.8, 4) is 0 Å². The minimum atomic E-state index is -4.27. The Morgan fingerprint density at radius 2 is 1.80 bits per heavy atom. The topological polar surface area (TPSA) is 98.0 Å². The highest BCUT2D eigenvalue weighted by molar-refractivity contribution is 7.51. The van der Waals surface area contributed by atoms with Gasteiger partial charge in [-0.15, -0.1) is 0 Å². The Kier molecular flexibility index (Phi) is 6.95. The van der Waals surface area contributed by atoms with E-state index in [2.05, 4.69) is 0 Å². The van der Waals surface area contributed by atoms with Crippen LogP contribution in [0.15, 0.2) is 18.2 Å². The lowest BCUT2D eigenvalue weighted by atomic mass is 10.0. The Hall–Kier alpha value is -0.130. The first-order valence-electron chi connectivity index (χ1n) is 6.02. The molecule has 2 atom stereocenters. The fraction of sp³-hybridized carbons (Fsp3) is 0.500. The molecule has 1 aromatic rings. The zero-order valence-corrected chi connectivity index (χ0v) is 13.0. The molecule has 1 aromatic carbocycles. The molecule has 0 aliphatic heterocycles. The molecule has 4 N–H and O–H groups in total. The van der Waals surface area contributed by atoms with Crippen molar-refractivity contribution in [3.63, 3.8) is 0 Å². The summed E-state index contributed by atoms with van der Waals surface area (Å²) in [6.07, 6.45) is -2.00. The summed E-state index contributed by atoms with van der Waals surface area (Å²) < 4.78 is 10.7. The molecule has 114 valence electrons. The van der Waals surface area contributed by atoms with E-state index >= 15 is 0 Å². The predicted octanol–water partition coefficient (Wildman–Crippen LogP) is 2.22. The van der Waals surface area contributed by atoms with Gasteiger partial charge in [-0.05, 0) is 37.0 Å². The molecule has 5 nitrogen and oxygen atoms in total. The molecule has 0 unspecified atom stereocenters. The van der Waals surface area contributed by atoms with Crippen molar-refractivity contribution in [2.75, 3.05) is 6.16 Å². The summed E-state index contributed by atoms with van der Waals surface area (Å²) >= 11 is 11.8. The van der Waals surface area contributed by atoms with Crippen LogP contribution in [0.3, 0.4) is 0 Å². The second kappa shape index (κ2) is 7.76. The lowest BCUT2D eigenvalue weighted by Gasteiger charge is -2.16. The van der Waals surface area contributed by atoms with Crippen LogP contribution in [0.25, 0.3) is 0 Å². The first kappa shape index (κ1) is 17.9. The van der Waals surface area contributed by atoms with E-state index in [1.165, 1.54) is 0 Å². The SMILES string of the molecule is O=P(O)(O)C[C@H](O)C[C@H](O)CCc1ccc(Cl)cc1Cl. The molecule has 0 saturated heterocycles. The Morgan fingerprint density at radius 3 is 2.35 bits per heavy atom. The van der Waals surface area contributed by atoms with Gasteiger partial charge in [0.1, 0.15) is 0 Å². The van der Waals surface area contributed by atoms with Gasteiger partial charge in [0.15, 0.2) is 0 Å². The molecule has 0 aromatic heterocycles. The number of halogens is 2. The third-order valence-electron chi connectivity index (χ3n) is 2.75. The van der Waals surface area contributed by atoms with E-state index in [0.717, 1.165) is 5.56 Å².